The first-order valence-corrected chi connectivity index (χ1v) is 7.11. The van der Waals surface area contributed by atoms with Gasteiger partial charge in [0.2, 0.25) is 0 Å². The molecule has 118 valence electrons. The molecule has 2 heterocycles. The molecule has 20 heavy (non-hydrogen) atoms. The van der Waals surface area contributed by atoms with Gasteiger partial charge in [-0.2, -0.15) is 0 Å². The van der Waals surface area contributed by atoms with Crippen LogP contribution in [0.1, 0.15) is 6.92 Å². The summed E-state index contributed by atoms with van der Waals surface area (Å²) in [5.74, 6) is 0.664. The summed E-state index contributed by atoms with van der Waals surface area (Å²) < 4.78 is 5.52. The number of likely N-dealkylation sites (N-methyl/N-ethyl adjacent to an activating group) is 2. The lowest BCUT2D eigenvalue weighted by atomic mass is 10.2. The van der Waals surface area contributed by atoms with Crippen LogP contribution in [0.2, 0.25) is 0 Å². The molecule has 2 fully saturated rings. The fourth-order valence-corrected chi connectivity index (χ4v) is 2.62. The average molecular weight is 397 g/mol. The minimum Gasteiger partial charge on any atom is -0.375 e. The summed E-state index contributed by atoms with van der Waals surface area (Å²) in [7, 11) is 4.33. The normalized spacial score (nSPS) is 30.1. The molecular formula is C13H28IN5O. The number of ether oxygens (including phenoxy) is 1. The molecule has 0 bridgehead atoms. The van der Waals surface area contributed by atoms with Crippen molar-refractivity contribution in [2.24, 2.45) is 10.7 Å². The number of hydrogen-bond acceptors (Lipinski definition) is 4. The third-order valence-electron chi connectivity index (χ3n) is 4.01. The fraction of sp³-hybridized carbons (Fsp3) is 0.923. The highest BCUT2D eigenvalue weighted by atomic mass is 127. The van der Waals surface area contributed by atoms with Crippen molar-refractivity contribution in [3.05, 3.63) is 0 Å². The minimum atomic E-state index is 0. The molecule has 0 saturated carbocycles. The van der Waals surface area contributed by atoms with Gasteiger partial charge in [-0.05, 0) is 21.0 Å². The van der Waals surface area contributed by atoms with Crippen LogP contribution in [-0.2, 0) is 4.74 Å². The quantitative estimate of drug-likeness (QED) is 0.400. The second-order valence-corrected chi connectivity index (χ2v) is 5.72. The van der Waals surface area contributed by atoms with Gasteiger partial charge in [0.1, 0.15) is 0 Å². The van der Waals surface area contributed by atoms with Crippen LogP contribution in [0.25, 0.3) is 0 Å². The Morgan fingerprint density at radius 3 is 2.70 bits per heavy atom. The van der Waals surface area contributed by atoms with Crippen molar-refractivity contribution in [1.29, 1.82) is 0 Å². The van der Waals surface area contributed by atoms with E-state index in [2.05, 4.69) is 40.7 Å². The largest absolute Gasteiger partial charge is 0.375 e. The summed E-state index contributed by atoms with van der Waals surface area (Å²) in [4.78, 5) is 11.4. The van der Waals surface area contributed by atoms with E-state index in [1.807, 2.05) is 0 Å². The van der Waals surface area contributed by atoms with Crippen LogP contribution in [0.15, 0.2) is 4.99 Å². The molecule has 7 heteroatoms. The van der Waals surface area contributed by atoms with E-state index in [9.17, 15) is 0 Å². The summed E-state index contributed by atoms with van der Waals surface area (Å²) in [5, 5.41) is 0. The van der Waals surface area contributed by atoms with Gasteiger partial charge < -0.3 is 20.3 Å². The molecule has 2 atom stereocenters. The van der Waals surface area contributed by atoms with Crippen molar-refractivity contribution in [2.45, 2.75) is 19.1 Å². The molecule has 2 saturated heterocycles. The minimum absolute atomic E-state index is 0. The van der Waals surface area contributed by atoms with Crippen molar-refractivity contribution in [2.75, 3.05) is 60.0 Å². The maximum Gasteiger partial charge on any atom is 0.191 e. The number of guanidine groups is 1. The van der Waals surface area contributed by atoms with E-state index in [1.54, 1.807) is 0 Å². The van der Waals surface area contributed by atoms with Crippen LogP contribution in [0, 0.1) is 0 Å². The Labute approximate surface area is 139 Å². The highest BCUT2D eigenvalue weighted by Crippen LogP contribution is 2.07. The average Bonchev–Trinajstić information content (AvgIpc) is 2.39. The summed E-state index contributed by atoms with van der Waals surface area (Å²) in [6, 6.07) is 0.468. The van der Waals surface area contributed by atoms with E-state index in [0.717, 1.165) is 45.9 Å². The number of morpholine rings is 1. The maximum absolute atomic E-state index is 6.10. The number of piperazine rings is 1. The molecule has 2 aliphatic heterocycles. The lowest BCUT2D eigenvalue weighted by Crippen LogP contribution is -2.52. The molecular weight excluding hydrogens is 369 g/mol. The Morgan fingerprint density at radius 1 is 1.25 bits per heavy atom. The molecule has 0 aromatic carbocycles. The highest BCUT2D eigenvalue weighted by molar-refractivity contribution is 14.0. The zero-order chi connectivity index (χ0) is 13.8. The van der Waals surface area contributed by atoms with Gasteiger partial charge in [-0.15, -0.1) is 24.0 Å². The SMILES string of the molecule is CC1CN(C(N)=NCC2CN(C)CCN2C)CCO1.I. The lowest BCUT2D eigenvalue weighted by Gasteiger charge is -2.37. The van der Waals surface area contributed by atoms with Crippen molar-refractivity contribution in [3.63, 3.8) is 0 Å². The van der Waals surface area contributed by atoms with E-state index in [1.165, 1.54) is 0 Å². The Kier molecular flexibility index (Phi) is 7.49. The molecule has 0 aliphatic carbocycles. The summed E-state index contributed by atoms with van der Waals surface area (Å²) in [6.45, 7) is 8.58. The van der Waals surface area contributed by atoms with Crippen molar-refractivity contribution < 1.29 is 4.74 Å². The van der Waals surface area contributed by atoms with Gasteiger partial charge in [-0.1, -0.05) is 0 Å². The first-order valence-electron chi connectivity index (χ1n) is 7.11. The second kappa shape index (κ2) is 8.35. The first kappa shape index (κ1) is 17.9. The molecule has 0 aromatic rings. The number of nitrogens with zero attached hydrogens (tertiary/aromatic N) is 4. The Morgan fingerprint density at radius 2 is 2.00 bits per heavy atom. The smallest absolute Gasteiger partial charge is 0.191 e. The van der Waals surface area contributed by atoms with E-state index < -0.39 is 0 Å². The molecule has 0 spiro atoms. The van der Waals surface area contributed by atoms with Gasteiger partial charge >= 0.3 is 0 Å². The molecule has 2 N–H and O–H groups in total. The van der Waals surface area contributed by atoms with Crippen LogP contribution in [0.3, 0.4) is 0 Å². The van der Waals surface area contributed by atoms with Gasteiger partial charge in [0.25, 0.3) is 0 Å². The number of aliphatic imine (C=N–C) groups is 1. The van der Waals surface area contributed by atoms with E-state index in [-0.39, 0.29) is 30.1 Å². The molecule has 6 nitrogen and oxygen atoms in total. The third-order valence-corrected chi connectivity index (χ3v) is 4.01. The van der Waals surface area contributed by atoms with Crippen LogP contribution < -0.4 is 5.73 Å². The molecule has 0 radical (unpaired) electrons. The molecule has 0 aromatic heterocycles. The van der Waals surface area contributed by atoms with E-state index in [4.69, 9.17) is 10.5 Å². The summed E-state index contributed by atoms with van der Waals surface area (Å²) in [6.07, 6.45) is 0.242. The number of hydrogen-bond donors (Lipinski definition) is 1. The van der Waals surface area contributed by atoms with Gasteiger partial charge in [0.05, 0.1) is 19.3 Å². The van der Waals surface area contributed by atoms with E-state index >= 15 is 0 Å². The van der Waals surface area contributed by atoms with Crippen molar-refractivity contribution in [3.8, 4) is 0 Å². The van der Waals surface area contributed by atoms with Gasteiger partial charge in [0.15, 0.2) is 5.96 Å². The van der Waals surface area contributed by atoms with Crippen LogP contribution in [0.5, 0.6) is 0 Å². The van der Waals surface area contributed by atoms with Gasteiger partial charge in [-0.3, -0.25) is 9.89 Å². The molecule has 0 amide bonds. The van der Waals surface area contributed by atoms with Crippen LogP contribution in [-0.4, -0.2) is 92.8 Å². The lowest BCUT2D eigenvalue weighted by molar-refractivity contribution is 0.00521. The van der Waals surface area contributed by atoms with Gasteiger partial charge in [-0.25, -0.2) is 0 Å². The summed E-state index contributed by atoms with van der Waals surface area (Å²) in [5.41, 5.74) is 6.10. The van der Waals surface area contributed by atoms with Crippen LogP contribution in [0.4, 0.5) is 0 Å². The Hall–Kier alpha value is -0.120. The topological polar surface area (TPSA) is 57.3 Å². The monoisotopic (exact) mass is 397 g/mol. The number of nitrogens with two attached hydrogens (primary N) is 1. The Bertz CT molecular complexity index is 328. The zero-order valence-corrected chi connectivity index (χ0v) is 15.1. The molecule has 2 unspecified atom stereocenters. The fourth-order valence-electron chi connectivity index (χ4n) is 2.62. The summed E-state index contributed by atoms with van der Waals surface area (Å²) >= 11 is 0. The third kappa shape index (κ3) is 5.01. The zero-order valence-electron chi connectivity index (χ0n) is 12.8. The Balaban J connectivity index is 0.00000200. The first-order chi connectivity index (χ1) is 9.06. The predicted molar refractivity (Wildman–Crippen MR) is 92.8 cm³/mol. The standard InChI is InChI=1S/C13H27N5O.HI/c1-11-9-18(6-7-19-11)13(14)15-8-12-10-16(2)4-5-17(12)3;/h11-12H,4-10H2,1-3H3,(H2,14,15);1H. The van der Waals surface area contributed by atoms with Crippen LogP contribution >= 0.6 is 24.0 Å². The van der Waals surface area contributed by atoms with Crippen molar-refractivity contribution in [1.82, 2.24) is 14.7 Å². The second-order valence-electron chi connectivity index (χ2n) is 5.72. The number of halogens is 1. The molecule has 2 aliphatic rings. The van der Waals surface area contributed by atoms with Crippen molar-refractivity contribution >= 4 is 29.9 Å². The predicted octanol–water partition coefficient (Wildman–Crippen LogP) is -0.114. The van der Waals surface area contributed by atoms with E-state index in [0.29, 0.717) is 12.0 Å². The number of rotatable bonds is 2. The van der Waals surface area contributed by atoms with Gasteiger partial charge in [0, 0.05) is 38.8 Å². The molecule has 2 rings (SSSR count). The maximum atomic E-state index is 6.10. The highest BCUT2D eigenvalue weighted by Gasteiger charge is 2.23.